The Morgan fingerprint density at radius 3 is 2.76 bits per heavy atom. The van der Waals surface area contributed by atoms with Gasteiger partial charge in [-0.1, -0.05) is 29.8 Å². The zero-order chi connectivity index (χ0) is 17.6. The van der Waals surface area contributed by atoms with E-state index >= 15 is 0 Å². The Kier molecular flexibility index (Phi) is 5.68. The summed E-state index contributed by atoms with van der Waals surface area (Å²) in [6.07, 6.45) is 1.96. The van der Waals surface area contributed by atoms with E-state index in [0.717, 1.165) is 30.7 Å². The topological polar surface area (TPSA) is 61.8 Å². The first-order valence-electron chi connectivity index (χ1n) is 8.64. The maximum Gasteiger partial charge on any atom is 0.238 e. The number of benzene rings is 2. The monoisotopic (exact) mass is 340 g/mol. The lowest BCUT2D eigenvalue weighted by Gasteiger charge is -2.22. The van der Waals surface area contributed by atoms with Crippen LogP contribution in [0.15, 0.2) is 48.5 Å². The number of aryl methyl sites for hydroxylation is 1. The molecule has 0 aliphatic carbocycles. The van der Waals surface area contributed by atoms with Crippen LogP contribution in [0.3, 0.4) is 0 Å². The van der Waals surface area contributed by atoms with Gasteiger partial charge in [0.2, 0.25) is 5.91 Å². The van der Waals surface area contributed by atoms with E-state index in [2.05, 4.69) is 5.32 Å². The highest BCUT2D eigenvalue weighted by Crippen LogP contribution is 2.29. The van der Waals surface area contributed by atoms with Crippen LogP contribution in [0.2, 0.25) is 0 Å². The summed E-state index contributed by atoms with van der Waals surface area (Å²) in [4.78, 5) is 14.4. The van der Waals surface area contributed by atoms with Crippen molar-refractivity contribution in [2.45, 2.75) is 25.8 Å². The maximum absolute atomic E-state index is 12.4. The highest BCUT2D eigenvalue weighted by molar-refractivity contribution is 5.93. The number of hydrogen-bond donors (Lipinski definition) is 2. The molecule has 2 N–H and O–H groups in total. The predicted molar refractivity (Wildman–Crippen MR) is 98.0 cm³/mol. The van der Waals surface area contributed by atoms with E-state index in [1.54, 1.807) is 0 Å². The molecule has 1 amide bonds. The van der Waals surface area contributed by atoms with E-state index in [9.17, 15) is 9.90 Å². The molecule has 5 heteroatoms. The van der Waals surface area contributed by atoms with E-state index in [-0.39, 0.29) is 25.1 Å². The molecule has 0 spiro atoms. The number of nitrogens with zero attached hydrogens (tertiary/aromatic N) is 1. The largest absolute Gasteiger partial charge is 0.455 e. The summed E-state index contributed by atoms with van der Waals surface area (Å²) >= 11 is 0. The van der Waals surface area contributed by atoms with Crippen molar-refractivity contribution in [1.82, 2.24) is 4.90 Å². The number of nitrogens with one attached hydrogen (secondary N) is 1. The summed E-state index contributed by atoms with van der Waals surface area (Å²) < 4.78 is 5.91. The van der Waals surface area contributed by atoms with Crippen LogP contribution in [0.4, 0.5) is 5.69 Å². The lowest BCUT2D eigenvalue weighted by atomic mass is 10.2. The van der Waals surface area contributed by atoms with Crippen molar-refractivity contribution in [3.05, 3.63) is 54.1 Å². The van der Waals surface area contributed by atoms with Crippen molar-refractivity contribution in [2.24, 2.45) is 0 Å². The van der Waals surface area contributed by atoms with Crippen LogP contribution in [0, 0.1) is 6.92 Å². The first-order valence-corrected chi connectivity index (χ1v) is 8.64. The summed E-state index contributed by atoms with van der Waals surface area (Å²) in [5, 5.41) is 12.3. The second kappa shape index (κ2) is 8.14. The molecule has 0 aromatic heterocycles. The molecule has 0 unspecified atom stereocenters. The molecule has 3 rings (SSSR count). The summed E-state index contributed by atoms with van der Waals surface area (Å²) in [5.74, 6) is 1.24. The summed E-state index contributed by atoms with van der Waals surface area (Å²) in [6, 6.07) is 15.3. The first-order chi connectivity index (χ1) is 12.2. The highest BCUT2D eigenvalue weighted by Gasteiger charge is 2.25. The fourth-order valence-corrected chi connectivity index (χ4v) is 3.08. The Hall–Kier alpha value is -2.37. The van der Waals surface area contributed by atoms with Gasteiger partial charge in [0.15, 0.2) is 5.75 Å². The van der Waals surface area contributed by atoms with E-state index in [4.69, 9.17) is 4.74 Å². The number of ether oxygens (including phenoxy) is 1. The van der Waals surface area contributed by atoms with Gasteiger partial charge in [-0.25, -0.2) is 0 Å². The minimum absolute atomic E-state index is 0.0878. The molecule has 2 aromatic rings. The molecule has 1 heterocycles. The second-order valence-electron chi connectivity index (χ2n) is 6.41. The normalized spacial score (nSPS) is 17.4. The highest BCUT2D eigenvalue weighted by atomic mass is 16.5. The number of likely N-dealkylation sites (tertiary alicyclic amines) is 1. The van der Waals surface area contributed by atoms with Gasteiger partial charge in [-0.05, 0) is 50.6 Å². The SMILES string of the molecule is Cc1ccc(Oc2ccccc2NC(=O)CN2CCC[C@H]2CO)cc1. The number of amides is 1. The lowest BCUT2D eigenvalue weighted by molar-refractivity contribution is -0.117. The number of rotatable bonds is 6. The molecule has 1 atom stereocenters. The van der Waals surface area contributed by atoms with Crippen LogP contribution in [-0.2, 0) is 4.79 Å². The van der Waals surface area contributed by atoms with Crippen LogP contribution in [0.5, 0.6) is 11.5 Å². The van der Waals surface area contributed by atoms with Crippen molar-refractivity contribution in [1.29, 1.82) is 0 Å². The zero-order valence-corrected chi connectivity index (χ0v) is 14.4. The Morgan fingerprint density at radius 1 is 1.24 bits per heavy atom. The van der Waals surface area contributed by atoms with Crippen molar-refractivity contribution in [3.63, 3.8) is 0 Å². The molecule has 0 saturated carbocycles. The van der Waals surface area contributed by atoms with Crippen LogP contribution in [-0.4, -0.2) is 41.7 Å². The number of carbonyl (C=O) groups excluding carboxylic acids is 1. The lowest BCUT2D eigenvalue weighted by Crippen LogP contribution is -2.38. The second-order valence-corrected chi connectivity index (χ2v) is 6.41. The van der Waals surface area contributed by atoms with Gasteiger partial charge in [-0.2, -0.15) is 0 Å². The van der Waals surface area contributed by atoms with Crippen LogP contribution >= 0.6 is 0 Å². The molecule has 1 saturated heterocycles. The quantitative estimate of drug-likeness (QED) is 0.848. The predicted octanol–water partition coefficient (Wildman–Crippen LogP) is 3.18. The molecule has 0 bridgehead atoms. The van der Waals surface area contributed by atoms with Gasteiger partial charge in [-0.15, -0.1) is 0 Å². The Bertz CT molecular complexity index is 715. The van der Waals surface area contributed by atoms with Gasteiger partial charge in [-0.3, -0.25) is 9.69 Å². The molecule has 25 heavy (non-hydrogen) atoms. The number of hydrogen-bond acceptors (Lipinski definition) is 4. The first kappa shape index (κ1) is 17.5. The Morgan fingerprint density at radius 2 is 2.00 bits per heavy atom. The van der Waals surface area contributed by atoms with E-state index in [1.807, 2.05) is 60.4 Å². The molecule has 1 fully saturated rings. The standard InChI is InChI=1S/C20H24N2O3/c1-15-8-10-17(11-9-15)25-19-7-3-2-6-18(19)21-20(24)13-22-12-4-5-16(22)14-23/h2-3,6-11,16,23H,4-5,12-14H2,1H3,(H,21,24)/t16-/m0/s1. The van der Waals surface area contributed by atoms with Crippen LogP contribution < -0.4 is 10.1 Å². The van der Waals surface area contributed by atoms with Gasteiger partial charge in [0.05, 0.1) is 18.8 Å². The van der Waals surface area contributed by atoms with E-state index in [0.29, 0.717) is 11.4 Å². The third kappa shape index (κ3) is 4.59. The van der Waals surface area contributed by atoms with Gasteiger partial charge >= 0.3 is 0 Å². The third-order valence-corrected chi connectivity index (χ3v) is 4.47. The van der Waals surface area contributed by atoms with E-state index < -0.39 is 0 Å². The van der Waals surface area contributed by atoms with Gasteiger partial charge < -0.3 is 15.2 Å². The van der Waals surface area contributed by atoms with Crippen LogP contribution in [0.25, 0.3) is 0 Å². The minimum atomic E-state index is -0.0969. The smallest absolute Gasteiger partial charge is 0.238 e. The number of carbonyl (C=O) groups is 1. The maximum atomic E-state index is 12.4. The molecule has 1 aliphatic rings. The number of para-hydroxylation sites is 2. The molecule has 0 radical (unpaired) electrons. The molecular formula is C20H24N2O3. The fraction of sp³-hybridized carbons (Fsp3) is 0.350. The van der Waals surface area contributed by atoms with Crippen molar-refractivity contribution >= 4 is 11.6 Å². The fourth-order valence-electron chi connectivity index (χ4n) is 3.08. The number of aliphatic hydroxyl groups is 1. The molecule has 2 aromatic carbocycles. The summed E-state index contributed by atoms with van der Waals surface area (Å²) in [7, 11) is 0. The number of aliphatic hydroxyl groups excluding tert-OH is 1. The van der Waals surface area contributed by atoms with Crippen molar-refractivity contribution in [2.75, 3.05) is 25.0 Å². The molecular weight excluding hydrogens is 316 g/mol. The molecule has 132 valence electrons. The molecule has 5 nitrogen and oxygen atoms in total. The van der Waals surface area contributed by atoms with Crippen molar-refractivity contribution in [3.8, 4) is 11.5 Å². The Balaban J connectivity index is 1.66. The van der Waals surface area contributed by atoms with Gasteiger partial charge in [0.1, 0.15) is 5.75 Å². The summed E-state index contributed by atoms with van der Waals surface area (Å²) in [5.41, 5.74) is 1.81. The van der Waals surface area contributed by atoms with Gasteiger partial charge in [0, 0.05) is 6.04 Å². The number of anilines is 1. The van der Waals surface area contributed by atoms with Crippen molar-refractivity contribution < 1.29 is 14.6 Å². The summed E-state index contributed by atoms with van der Waals surface area (Å²) in [6.45, 7) is 3.25. The Labute approximate surface area is 148 Å². The van der Waals surface area contributed by atoms with Crippen LogP contribution in [0.1, 0.15) is 18.4 Å². The average Bonchev–Trinajstić information content (AvgIpc) is 3.05. The zero-order valence-electron chi connectivity index (χ0n) is 14.4. The minimum Gasteiger partial charge on any atom is -0.455 e. The van der Waals surface area contributed by atoms with Gasteiger partial charge in [0.25, 0.3) is 0 Å². The third-order valence-electron chi connectivity index (χ3n) is 4.47. The average molecular weight is 340 g/mol. The molecule has 1 aliphatic heterocycles. The van der Waals surface area contributed by atoms with E-state index in [1.165, 1.54) is 0 Å².